The fourth-order valence-electron chi connectivity index (χ4n) is 2.98. The average molecular weight is 387 g/mol. The standard InChI is InChI=1S/C20H19ClN2O4/c1-12-2-3-13(10-15(12)21)22-18(24)20(6-7-20)19(25)23-14-4-5-16-17(11-14)27-9-8-26-16/h2-5,10-11H,6-9H2,1H3,(H,22,24)(H,23,25). The maximum absolute atomic E-state index is 12.7. The Kier molecular flexibility index (Phi) is 4.44. The SMILES string of the molecule is Cc1ccc(NC(=O)C2(C(=O)Nc3ccc4c(c3)OCCO4)CC2)cc1Cl. The van der Waals surface area contributed by atoms with Crippen LogP contribution in [0.2, 0.25) is 5.02 Å². The molecule has 6 nitrogen and oxygen atoms in total. The van der Waals surface area contributed by atoms with E-state index in [1.165, 1.54) is 0 Å². The van der Waals surface area contributed by atoms with Gasteiger partial charge in [-0.15, -0.1) is 0 Å². The summed E-state index contributed by atoms with van der Waals surface area (Å²) in [6, 6.07) is 10.5. The smallest absolute Gasteiger partial charge is 0.240 e. The Labute approximate surface area is 161 Å². The predicted molar refractivity (Wildman–Crippen MR) is 103 cm³/mol. The van der Waals surface area contributed by atoms with E-state index < -0.39 is 5.41 Å². The number of halogens is 1. The van der Waals surface area contributed by atoms with Crippen LogP contribution < -0.4 is 20.1 Å². The molecule has 1 fully saturated rings. The van der Waals surface area contributed by atoms with Crippen LogP contribution in [0.25, 0.3) is 0 Å². The van der Waals surface area contributed by atoms with E-state index in [-0.39, 0.29) is 11.8 Å². The number of benzene rings is 2. The summed E-state index contributed by atoms with van der Waals surface area (Å²) in [6.07, 6.45) is 1.02. The minimum absolute atomic E-state index is 0.322. The molecule has 2 amide bonds. The van der Waals surface area contributed by atoms with Crippen LogP contribution in [0.1, 0.15) is 18.4 Å². The van der Waals surface area contributed by atoms with Gasteiger partial charge in [-0.05, 0) is 49.6 Å². The van der Waals surface area contributed by atoms with Gasteiger partial charge in [0.25, 0.3) is 0 Å². The van der Waals surface area contributed by atoms with E-state index in [0.717, 1.165) is 5.56 Å². The van der Waals surface area contributed by atoms with E-state index >= 15 is 0 Å². The zero-order chi connectivity index (χ0) is 19.0. The highest BCUT2D eigenvalue weighted by atomic mass is 35.5. The lowest BCUT2D eigenvalue weighted by molar-refractivity contribution is -0.131. The highest BCUT2D eigenvalue weighted by Crippen LogP contribution is 2.48. The van der Waals surface area contributed by atoms with Crippen molar-refractivity contribution in [1.82, 2.24) is 0 Å². The molecule has 2 aromatic rings. The van der Waals surface area contributed by atoms with Crippen molar-refractivity contribution in [3.63, 3.8) is 0 Å². The van der Waals surface area contributed by atoms with Crippen molar-refractivity contribution in [2.45, 2.75) is 19.8 Å². The lowest BCUT2D eigenvalue weighted by Gasteiger charge is -2.20. The molecule has 0 aromatic heterocycles. The summed E-state index contributed by atoms with van der Waals surface area (Å²) >= 11 is 6.10. The fourth-order valence-corrected chi connectivity index (χ4v) is 3.16. The van der Waals surface area contributed by atoms with Crippen LogP contribution in [0.3, 0.4) is 0 Å². The average Bonchev–Trinajstić information content (AvgIpc) is 3.47. The first kappa shape index (κ1) is 17.7. The Hall–Kier alpha value is -2.73. The number of carbonyl (C=O) groups is 2. The molecule has 4 rings (SSSR count). The van der Waals surface area contributed by atoms with Gasteiger partial charge < -0.3 is 20.1 Å². The monoisotopic (exact) mass is 386 g/mol. The van der Waals surface area contributed by atoms with E-state index in [1.54, 1.807) is 30.3 Å². The Morgan fingerprint density at radius 1 is 0.926 bits per heavy atom. The molecule has 2 N–H and O–H groups in total. The largest absolute Gasteiger partial charge is 0.486 e. The molecule has 0 spiro atoms. The van der Waals surface area contributed by atoms with Gasteiger partial charge in [-0.1, -0.05) is 17.7 Å². The third-order valence-electron chi connectivity index (χ3n) is 4.85. The number of amides is 2. The molecular weight excluding hydrogens is 368 g/mol. The summed E-state index contributed by atoms with van der Waals surface area (Å²) in [6.45, 7) is 2.86. The first-order chi connectivity index (χ1) is 13.0. The molecule has 2 aromatic carbocycles. The van der Waals surface area contributed by atoms with Gasteiger partial charge in [-0.25, -0.2) is 0 Å². The number of ether oxygens (including phenoxy) is 2. The molecule has 0 bridgehead atoms. The molecule has 27 heavy (non-hydrogen) atoms. The van der Waals surface area contributed by atoms with E-state index in [1.807, 2.05) is 13.0 Å². The quantitative estimate of drug-likeness (QED) is 0.784. The van der Waals surface area contributed by atoms with Gasteiger partial charge in [0.05, 0.1) is 0 Å². The van der Waals surface area contributed by atoms with Gasteiger partial charge in [0.15, 0.2) is 11.5 Å². The van der Waals surface area contributed by atoms with E-state index in [0.29, 0.717) is 54.0 Å². The number of rotatable bonds is 4. The summed E-state index contributed by atoms with van der Waals surface area (Å²) in [5.74, 6) is 0.587. The summed E-state index contributed by atoms with van der Waals surface area (Å²) in [5.41, 5.74) is 1.02. The molecule has 0 atom stereocenters. The molecule has 7 heteroatoms. The molecule has 1 heterocycles. The number of aryl methyl sites for hydroxylation is 1. The van der Waals surface area contributed by atoms with Crippen molar-refractivity contribution < 1.29 is 19.1 Å². The third-order valence-corrected chi connectivity index (χ3v) is 5.26. The molecule has 140 valence electrons. The number of carbonyl (C=O) groups excluding carboxylic acids is 2. The van der Waals surface area contributed by atoms with Crippen LogP contribution in [0, 0.1) is 12.3 Å². The zero-order valence-corrected chi connectivity index (χ0v) is 15.6. The maximum atomic E-state index is 12.7. The molecule has 1 saturated carbocycles. The summed E-state index contributed by atoms with van der Waals surface area (Å²) < 4.78 is 11.0. The number of hydrogen-bond acceptors (Lipinski definition) is 4. The number of hydrogen-bond donors (Lipinski definition) is 2. The van der Waals surface area contributed by atoms with Gasteiger partial charge in [0.2, 0.25) is 11.8 Å². The first-order valence-corrected chi connectivity index (χ1v) is 9.14. The third kappa shape index (κ3) is 3.45. The first-order valence-electron chi connectivity index (χ1n) is 8.77. The minimum atomic E-state index is -1.05. The highest BCUT2D eigenvalue weighted by Gasteiger charge is 2.56. The summed E-state index contributed by atoms with van der Waals surface area (Å²) in [4.78, 5) is 25.4. The van der Waals surface area contributed by atoms with Crippen molar-refractivity contribution >= 4 is 34.8 Å². The fraction of sp³-hybridized carbons (Fsp3) is 0.300. The molecule has 1 aliphatic heterocycles. The van der Waals surface area contributed by atoms with Crippen molar-refractivity contribution in [1.29, 1.82) is 0 Å². The molecular formula is C20H19ClN2O4. The lowest BCUT2D eigenvalue weighted by Crippen LogP contribution is -2.35. The van der Waals surface area contributed by atoms with E-state index in [4.69, 9.17) is 21.1 Å². The van der Waals surface area contributed by atoms with Crippen LogP contribution in [0.4, 0.5) is 11.4 Å². The second-order valence-electron chi connectivity index (χ2n) is 6.81. The Balaban J connectivity index is 1.46. The molecule has 1 aliphatic carbocycles. The Bertz CT molecular complexity index is 924. The summed E-state index contributed by atoms with van der Waals surface area (Å²) in [7, 11) is 0. The van der Waals surface area contributed by atoms with Gasteiger partial charge in [0.1, 0.15) is 18.6 Å². The number of fused-ring (bicyclic) bond motifs is 1. The second kappa shape index (κ2) is 6.78. The van der Waals surface area contributed by atoms with Gasteiger partial charge in [-0.2, -0.15) is 0 Å². The van der Waals surface area contributed by atoms with Crippen molar-refractivity contribution in [3.05, 3.63) is 47.0 Å². The minimum Gasteiger partial charge on any atom is -0.486 e. The Morgan fingerprint density at radius 3 is 2.15 bits per heavy atom. The zero-order valence-electron chi connectivity index (χ0n) is 14.8. The maximum Gasteiger partial charge on any atom is 0.240 e. The van der Waals surface area contributed by atoms with Crippen LogP contribution in [-0.4, -0.2) is 25.0 Å². The highest BCUT2D eigenvalue weighted by molar-refractivity contribution is 6.31. The van der Waals surface area contributed by atoms with Crippen molar-refractivity contribution in [3.8, 4) is 11.5 Å². The van der Waals surface area contributed by atoms with Crippen LogP contribution in [0.5, 0.6) is 11.5 Å². The second-order valence-corrected chi connectivity index (χ2v) is 7.22. The molecule has 2 aliphatic rings. The van der Waals surface area contributed by atoms with E-state index in [9.17, 15) is 9.59 Å². The normalized spacial score (nSPS) is 16.4. The van der Waals surface area contributed by atoms with Crippen molar-refractivity contribution in [2.75, 3.05) is 23.8 Å². The lowest BCUT2D eigenvalue weighted by atomic mass is 10.0. The van der Waals surface area contributed by atoms with Crippen LogP contribution >= 0.6 is 11.6 Å². The topological polar surface area (TPSA) is 76.7 Å². The van der Waals surface area contributed by atoms with Gasteiger partial charge in [0, 0.05) is 22.5 Å². The van der Waals surface area contributed by atoms with Gasteiger partial charge in [-0.3, -0.25) is 9.59 Å². The van der Waals surface area contributed by atoms with Gasteiger partial charge >= 0.3 is 0 Å². The number of anilines is 2. The molecule has 0 radical (unpaired) electrons. The van der Waals surface area contributed by atoms with Crippen LogP contribution in [0.15, 0.2) is 36.4 Å². The van der Waals surface area contributed by atoms with Crippen molar-refractivity contribution in [2.24, 2.45) is 5.41 Å². The van der Waals surface area contributed by atoms with E-state index in [2.05, 4.69) is 10.6 Å². The predicted octanol–water partition coefficient (Wildman–Crippen LogP) is 3.78. The molecule has 0 saturated heterocycles. The summed E-state index contributed by atoms with van der Waals surface area (Å²) in [5, 5.41) is 6.19. The number of nitrogens with one attached hydrogen (secondary N) is 2. The molecule has 0 unspecified atom stereocenters. The Morgan fingerprint density at radius 2 is 1.52 bits per heavy atom. The van der Waals surface area contributed by atoms with Crippen LogP contribution in [-0.2, 0) is 9.59 Å².